The van der Waals surface area contributed by atoms with E-state index in [1.54, 1.807) is 17.4 Å². The van der Waals surface area contributed by atoms with Gasteiger partial charge in [0, 0.05) is 42.5 Å². The van der Waals surface area contributed by atoms with Crippen molar-refractivity contribution < 1.29 is 4.79 Å². The number of amides is 1. The fraction of sp³-hybridized carbons (Fsp3) is 0.421. The minimum Gasteiger partial charge on any atom is -0.337 e. The molecule has 8 heteroatoms. The quantitative estimate of drug-likeness (QED) is 0.693. The van der Waals surface area contributed by atoms with Gasteiger partial charge in [0.25, 0.3) is 5.91 Å². The van der Waals surface area contributed by atoms with Gasteiger partial charge in [-0.1, -0.05) is 0 Å². The highest BCUT2D eigenvalue weighted by molar-refractivity contribution is 7.07. The molecule has 27 heavy (non-hydrogen) atoms. The summed E-state index contributed by atoms with van der Waals surface area (Å²) < 4.78 is 2.15. The highest BCUT2D eigenvalue weighted by atomic mass is 32.1. The predicted molar refractivity (Wildman–Crippen MR) is 103 cm³/mol. The maximum atomic E-state index is 13.0. The van der Waals surface area contributed by atoms with Crippen LogP contribution in [0, 0.1) is 13.8 Å². The number of carbonyl (C=O) groups is 1. The van der Waals surface area contributed by atoms with Crippen LogP contribution in [-0.4, -0.2) is 48.4 Å². The van der Waals surface area contributed by atoms with Gasteiger partial charge in [0.15, 0.2) is 0 Å². The zero-order chi connectivity index (χ0) is 18.8. The van der Waals surface area contributed by atoms with Gasteiger partial charge in [-0.05, 0) is 32.8 Å². The molecule has 1 aliphatic heterocycles. The third kappa shape index (κ3) is 3.90. The molecule has 0 bridgehead atoms. The van der Waals surface area contributed by atoms with Crippen molar-refractivity contribution >= 4 is 17.2 Å². The molecule has 0 aromatic carbocycles. The van der Waals surface area contributed by atoms with E-state index in [0.29, 0.717) is 24.6 Å². The molecule has 1 aliphatic rings. The third-order valence-corrected chi connectivity index (χ3v) is 5.46. The van der Waals surface area contributed by atoms with Gasteiger partial charge in [0.05, 0.1) is 17.7 Å². The molecule has 1 saturated heterocycles. The molecule has 3 aromatic heterocycles. The Labute approximate surface area is 162 Å². The molecule has 1 atom stereocenters. The number of aromatic nitrogens is 5. The standard InChI is InChI=1S/C19H22N6OS/c1-13-8-17(23-14(2)22-13)19(26)25-6-3-4-15(9-25)18-20-5-7-24(18)10-16-11-27-12-21-16/h5,7-8,11-12,15H,3-4,6,9-10H2,1-2H3/t15-/m0/s1. The Morgan fingerprint density at radius 3 is 2.96 bits per heavy atom. The second kappa shape index (κ2) is 7.56. The molecule has 4 heterocycles. The first-order valence-corrected chi connectivity index (χ1v) is 10.0. The zero-order valence-corrected chi connectivity index (χ0v) is 16.3. The number of aryl methyl sites for hydroxylation is 2. The molecule has 3 aromatic rings. The van der Waals surface area contributed by atoms with Crippen LogP contribution in [0.5, 0.6) is 0 Å². The van der Waals surface area contributed by atoms with E-state index in [4.69, 9.17) is 0 Å². The number of hydrogen-bond donors (Lipinski definition) is 0. The molecule has 1 fully saturated rings. The lowest BCUT2D eigenvalue weighted by atomic mass is 9.96. The number of imidazole rings is 1. The maximum absolute atomic E-state index is 13.0. The van der Waals surface area contributed by atoms with E-state index in [1.165, 1.54) is 0 Å². The number of thiazole rings is 1. The average molecular weight is 382 g/mol. The summed E-state index contributed by atoms with van der Waals surface area (Å²) >= 11 is 1.60. The van der Waals surface area contributed by atoms with E-state index in [-0.39, 0.29) is 11.8 Å². The largest absolute Gasteiger partial charge is 0.337 e. The van der Waals surface area contributed by atoms with Crippen LogP contribution in [0.1, 0.15) is 52.3 Å². The number of carbonyl (C=O) groups excluding carboxylic acids is 1. The summed E-state index contributed by atoms with van der Waals surface area (Å²) in [5.41, 5.74) is 4.18. The monoisotopic (exact) mass is 382 g/mol. The summed E-state index contributed by atoms with van der Waals surface area (Å²) in [5.74, 6) is 1.85. The van der Waals surface area contributed by atoms with E-state index in [9.17, 15) is 4.79 Å². The Morgan fingerprint density at radius 2 is 2.19 bits per heavy atom. The first kappa shape index (κ1) is 17.8. The fourth-order valence-corrected chi connectivity index (χ4v) is 4.21. The second-order valence-electron chi connectivity index (χ2n) is 6.93. The average Bonchev–Trinajstić information content (AvgIpc) is 3.33. The summed E-state index contributed by atoms with van der Waals surface area (Å²) in [7, 11) is 0. The number of likely N-dealkylation sites (tertiary alicyclic amines) is 1. The van der Waals surface area contributed by atoms with Gasteiger partial charge < -0.3 is 9.47 Å². The van der Waals surface area contributed by atoms with Crippen LogP contribution in [0.15, 0.2) is 29.4 Å². The predicted octanol–water partition coefficient (Wildman–Crippen LogP) is 2.81. The molecule has 140 valence electrons. The lowest BCUT2D eigenvalue weighted by molar-refractivity contribution is 0.0696. The van der Waals surface area contributed by atoms with Gasteiger partial charge in [-0.15, -0.1) is 11.3 Å². The van der Waals surface area contributed by atoms with Gasteiger partial charge in [0.2, 0.25) is 0 Å². The summed E-state index contributed by atoms with van der Waals surface area (Å²) in [6.07, 6.45) is 5.81. The number of hydrogen-bond acceptors (Lipinski definition) is 6. The molecule has 0 aliphatic carbocycles. The van der Waals surface area contributed by atoms with Crippen LogP contribution < -0.4 is 0 Å². The van der Waals surface area contributed by atoms with Gasteiger partial charge >= 0.3 is 0 Å². The maximum Gasteiger partial charge on any atom is 0.272 e. The molecule has 0 unspecified atom stereocenters. The Morgan fingerprint density at radius 1 is 1.30 bits per heavy atom. The van der Waals surface area contributed by atoms with Crippen LogP contribution in [-0.2, 0) is 6.54 Å². The van der Waals surface area contributed by atoms with Crippen LogP contribution in [0.25, 0.3) is 0 Å². The Hall–Kier alpha value is -2.61. The first-order valence-electron chi connectivity index (χ1n) is 9.10. The van der Waals surface area contributed by atoms with E-state index in [0.717, 1.165) is 36.6 Å². The van der Waals surface area contributed by atoms with Gasteiger partial charge in [0.1, 0.15) is 17.3 Å². The van der Waals surface area contributed by atoms with Crippen molar-refractivity contribution in [2.45, 2.75) is 39.2 Å². The topological polar surface area (TPSA) is 76.8 Å². The van der Waals surface area contributed by atoms with E-state index in [1.807, 2.05) is 36.7 Å². The van der Waals surface area contributed by atoms with Crippen molar-refractivity contribution in [1.29, 1.82) is 0 Å². The molecule has 0 radical (unpaired) electrons. The minimum atomic E-state index is -0.0223. The lowest BCUT2D eigenvalue weighted by Crippen LogP contribution is -2.40. The van der Waals surface area contributed by atoms with E-state index >= 15 is 0 Å². The lowest BCUT2D eigenvalue weighted by Gasteiger charge is -2.32. The molecule has 1 amide bonds. The van der Waals surface area contributed by atoms with Gasteiger partial charge in [-0.2, -0.15) is 0 Å². The smallest absolute Gasteiger partial charge is 0.272 e. The molecule has 4 rings (SSSR count). The summed E-state index contributed by atoms with van der Waals surface area (Å²) in [6, 6.07) is 1.77. The van der Waals surface area contributed by atoms with Crippen molar-refractivity contribution in [3.05, 3.63) is 58.1 Å². The van der Waals surface area contributed by atoms with Crippen molar-refractivity contribution in [3.63, 3.8) is 0 Å². The first-order chi connectivity index (χ1) is 13.1. The summed E-state index contributed by atoms with van der Waals surface area (Å²) in [6.45, 7) is 5.84. The molecular formula is C19H22N6OS. The highest BCUT2D eigenvalue weighted by Gasteiger charge is 2.28. The normalized spacial score (nSPS) is 17.3. The Bertz CT molecular complexity index is 915. The second-order valence-corrected chi connectivity index (χ2v) is 7.64. The van der Waals surface area contributed by atoms with Crippen LogP contribution in [0.2, 0.25) is 0 Å². The molecule has 0 saturated carbocycles. The van der Waals surface area contributed by atoms with E-state index in [2.05, 4.69) is 29.9 Å². The summed E-state index contributed by atoms with van der Waals surface area (Å²) in [4.78, 5) is 32.4. The Kier molecular flexibility index (Phi) is 4.98. The molecule has 7 nitrogen and oxygen atoms in total. The Balaban J connectivity index is 1.52. The number of piperidine rings is 1. The van der Waals surface area contributed by atoms with Gasteiger partial charge in [-0.25, -0.2) is 19.9 Å². The number of nitrogens with zero attached hydrogens (tertiary/aromatic N) is 6. The van der Waals surface area contributed by atoms with Crippen molar-refractivity contribution in [1.82, 2.24) is 29.4 Å². The zero-order valence-electron chi connectivity index (χ0n) is 15.5. The highest BCUT2D eigenvalue weighted by Crippen LogP contribution is 2.27. The minimum absolute atomic E-state index is 0.0223. The molecule has 0 spiro atoms. The van der Waals surface area contributed by atoms with Crippen molar-refractivity contribution in [2.24, 2.45) is 0 Å². The SMILES string of the molecule is Cc1cc(C(=O)N2CCC[C@H](c3nccn3Cc3cscn3)C2)nc(C)n1. The molecule has 0 N–H and O–H groups in total. The van der Waals surface area contributed by atoms with Crippen LogP contribution in [0.4, 0.5) is 0 Å². The number of rotatable bonds is 4. The molecular weight excluding hydrogens is 360 g/mol. The van der Waals surface area contributed by atoms with Crippen LogP contribution >= 0.6 is 11.3 Å². The summed E-state index contributed by atoms with van der Waals surface area (Å²) in [5, 5.41) is 2.06. The third-order valence-electron chi connectivity index (χ3n) is 4.82. The van der Waals surface area contributed by atoms with Crippen LogP contribution in [0.3, 0.4) is 0 Å². The van der Waals surface area contributed by atoms with Gasteiger partial charge in [-0.3, -0.25) is 4.79 Å². The van der Waals surface area contributed by atoms with E-state index < -0.39 is 0 Å². The van der Waals surface area contributed by atoms with Crippen molar-refractivity contribution in [2.75, 3.05) is 13.1 Å². The van der Waals surface area contributed by atoms with Crippen molar-refractivity contribution in [3.8, 4) is 0 Å². The fourth-order valence-electron chi connectivity index (χ4n) is 3.67.